The number of anilines is 1. The minimum atomic E-state index is -0.251. The molecule has 7 heteroatoms. The van der Waals surface area contributed by atoms with Crippen molar-refractivity contribution in [2.75, 3.05) is 5.32 Å². The predicted molar refractivity (Wildman–Crippen MR) is 96.4 cm³/mol. The highest BCUT2D eigenvalue weighted by atomic mass is 32.1. The van der Waals surface area contributed by atoms with Crippen molar-refractivity contribution in [3.8, 4) is 10.6 Å². The fourth-order valence-corrected chi connectivity index (χ4v) is 4.26. The summed E-state index contributed by atoms with van der Waals surface area (Å²) in [4.78, 5) is 24.7. The van der Waals surface area contributed by atoms with Crippen molar-refractivity contribution in [1.82, 2.24) is 15.0 Å². The quantitative estimate of drug-likeness (QED) is 0.748. The van der Waals surface area contributed by atoms with Gasteiger partial charge in [0.05, 0.1) is 11.7 Å². The van der Waals surface area contributed by atoms with Crippen LogP contribution in [0.4, 0.5) is 10.3 Å². The highest BCUT2D eigenvalue weighted by Gasteiger charge is 2.25. The summed E-state index contributed by atoms with van der Waals surface area (Å²) in [7, 11) is 0. The molecule has 0 radical (unpaired) electrons. The second kappa shape index (κ2) is 6.40. The number of fused-ring (bicyclic) bond motifs is 1. The Kier molecular flexibility index (Phi) is 4.09. The van der Waals surface area contributed by atoms with E-state index in [1.807, 2.05) is 0 Å². The van der Waals surface area contributed by atoms with Gasteiger partial charge >= 0.3 is 0 Å². The summed E-state index contributed by atoms with van der Waals surface area (Å²) in [5, 5.41) is 4.20. The number of thiazole rings is 1. The first-order chi connectivity index (χ1) is 12.1. The molecule has 0 amide bonds. The molecule has 2 aromatic heterocycles. The van der Waals surface area contributed by atoms with Gasteiger partial charge in [-0.1, -0.05) is 0 Å². The van der Waals surface area contributed by atoms with Crippen LogP contribution in [0.1, 0.15) is 35.1 Å². The van der Waals surface area contributed by atoms with Crippen molar-refractivity contribution in [3.63, 3.8) is 0 Å². The summed E-state index contributed by atoms with van der Waals surface area (Å²) in [5.41, 5.74) is 2.42. The van der Waals surface area contributed by atoms with E-state index >= 15 is 0 Å². The summed E-state index contributed by atoms with van der Waals surface area (Å²) in [5.74, 6) is 0.221. The second-order valence-corrected chi connectivity index (χ2v) is 7.24. The molecule has 25 heavy (non-hydrogen) atoms. The first-order valence-electron chi connectivity index (χ1n) is 8.18. The maximum absolute atomic E-state index is 13.1. The van der Waals surface area contributed by atoms with Crippen LogP contribution in [0.25, 0.3) is 10.6 Å². The maximum atomic E-state index is 13.1. The Morgan fingerprint density at radius 3 is 2.84 bits per heavy atom. The monoisotopic (exact) mass is 356 g/mol. The summed E-state index contributed by atoms with van der Waals surface area (Å²) in [6.45, 7) is 1.79. The van der Waals surface area contributed by atoms with Crippen LogP contribution in [-0.4, -0.2) is 15.0 Å². The third-order valence-electron chi connectivity index (χ3n) is 4.23. The molecule has 1 aromatic carbocycles. The SMILES string of the molecule is Cc1cc(=O)[nH]c(NC2CCCc3sc(-c4ccc(F)cc4)nc32)n1. The highest BCUT2D eigenvalue weighted by molar-refractivity contribution is 7.15. The van der Waals surface area contributed by atoms with Crippen LogP contribution in [0.15, 0.2) is 35.1 Å². The first-order valence-corrected chi connectivity index (χ1v) is 9.00. The standard InChI is InChI=1S/C18H17FN4OS/c1-10-9-15(24)22-18(20-10)21-13-3-2-4-14-16(13)23-17(25-14)11-5-7-12(19)8-6-11/h5-9,13H,2-4H2,1H3,(H2,20,21,22,24). The van der Waals surface area contributed by atoms with Gasteiger partial charge in [0.25, 0.3) is 5.56 Å². The number of aromatic nitrogens is 3. The predicted octanol–water partition coefficient (Wildman–Crippen LogP) is 3.83. The minimum absolute atomic E-state index is 0.0131. The Balaban J connectivity index is 1.65. The van der Waals surface area contributed by atoms with Gasteiger partial charge in [0, 0.05) is 22.2 Å². The molecule has 0 aliphatic heterocycles. The molecular formula is C18H17FN4OS. The van der Waals surface area contributed by atoms with E-state index in [2.05, 4.69) is 15.3 Å². The lowest BCUT2D eigenvalue weighted by atomic mass is 9.98. The van der Waals surface area contributed by atoms with E-state index in [0.29, 0.717) is 11.6 Å². The Hall–Kier alpha value is -2.54. The number of nitrogens with zero attached hydrogens (tertiary/aromatic N) is 2. The van der Waals surface area contributed by atoms with E-state index in [0.717, 1.165) is 35.5 Å². The molecule has 1 aliphatic rings. The third-order valence-corrected chi connectivity index (χ3v) is 5.41. The van der Waals surface area contributed by atoms with Crippen LogP contribution in [0.2, 0.25) is 0 Å². The molecule has 5 nitrogen and oxygen atoms in total. The molecule has 0 spiro atoms. The van der Waals surface area contributed by atoms with Gasteiger partial charge in [-0.25, -0.2) is 14.4 Å². The average Bonchev–Trinajstić information content (AvgIpc) is 3.00. The molecule has 1 aliphatic carbocycles. The number of halogens is 1. The molecule has 3 aromatic rings. The molecule has 128 valence electrons. The molecule has 2 heterocycles. The Morgan fingerprint density at radius 1 is 1.28 bits per heavy atom. The maximum Gasteiger partial charge on any atom is 0.252 e. The van der Waals surface area contributed by atoms with Crippen LogP contribution in [0, 0.1) is 12.7 Å². The lowest BCUT2D eigenvalue weighted by molar-refractivity contribution is 0.590. The number of rotatable bonds is 3. The molecule has 2 N–H and O–H groups in total. The first kappa shape index (κ1) is 16.0. The van der Waals surface area contributed by atoms with E-state index in [4.69, 9.17) is 4.98 Å². The number of hydrogen-bond donors (Lipinski definition) is 2. The van der Waals surface area contributed by atoms with Crippen molar-refractivity contribution < 1.29 is 4.39 Å². The number of aryl methyl sites for hydroxylation is 2. The van der Waals surface area contributed by atoms with Gasteiger partial charge in [0.2, 0.25) is 5.95 Å². The molecule has 0 fully saturated rings. The van der Waals surface area contributed by atoms with Gasteiger partial charge in [-0.15, -0.1) is 11.3 Å². The summed E-state index contributed by atoms with van der Waals surface area (Å²) >= 11 is 1.65. The van der Waals surface area contributed by atoms with Gasteiger partial charge in [-0.2, -0.15) is 0 Å². The zero-order valence-electron chi connectivity index (χ0n) is 13.7. The van der Waals surface area contributed by atoms with Gasteiger partial charge in [0.15, 0.2) is 0 Å². The smallest absolute Gasteiger partial charge is 0.252 e. The van der Waals surface area contributed by atoms with Crippen molar-refractivity contribution in [1.29, 1.82) is 0 Å². The van der Waals surface area contributed by atoms with Gasteiger partial charge in [-0.3, -0.25) is 9.78 Å². The summed E-state index contributed by atoms with van der Waals surface area (Å²) in [6.07, 6.45) is 2.97. The van der Waals surface area contributed by atoms with Gasteiger partial charge < -0.3 is 5.32 Å². The van der Waals surface area contributed by atoms with E-state index in [1.54, 1.807) is 30.4 Å². The normalized spacial score (nSPS) is 16.5. The number of nitrogens with one attached hydrogen (secondary N) is 2. The fourth-order valence-electron chi connectivity index (χ4n) is 3.09. The number of aromatic amines is 1. The largest absolute Gasteiger partial charge is 0.347 e. The van der Waals surface area contributed by atoms with Crippen molar-refractivity contribution >= 4 is 17.3 Å². The number of H-pyrrole nitrogens is 1. The molecule has 1 unspecified atom stereocenters. The van der Waals surface area contributed by atoms with Crippen LogP contribution in [0.5, 0.6) is 0 Å². The minimum Gasteiger partial charge on any atom is -0.347 e. The third kappa shape index (κ3) is 3.32. The zero-order chi connectivity index (χ0) is 17.4. The van der Waals surface area contributed by atoms with Crippen molar-refractivity contribution in [2.45, 2.75) is 32.2 Å². The molecule has 0 bridgehead atoms. The Bertz CT molecular complexity index is 964. The zero-order valence-corrected chi connectivity index (χ0v) is 14.5. The van der Waals surface area contributed by atoms with Crippen LogP contribution in [-0.2, 0) is 6.42 Å². The topological polar surface area (TPSA) is 70.7 Å². The molecule has 0 saturated heterocycles. The number of hydrogen-bond acceptors (Lipinski definition) is 5. The Labute approximate surface area is 148 Å². The number of benzene rings is 1. The molecular weight excluding hydrogens is 339 g/mol. The lowest BCUT2D eigenvalue weighted by Crippen LogP contribution is -2.20. The highest BCUT2D eigenvalue weighted by Crippen LogP contribution is 2.38. The van der Waals surface area contributed by atoms with Crippen LogP contribution in [0.3, 0.4) is 0 Å². The molecule has 4 rings (SSSR count). The van der Waals surface area contributed by atoms with Crippen molar-refractivity contribution in [2.24, 2.45) is 0 Å². The van der Waals surface area contributed by atoms with Crippen LogP contribution < -0.4 is 10.9 Å². The summed E-state index contributed by atoms with van der Waals surface area (Å²) in [6, 6.07) is 7.88. The fraction of sp³-hybridized carbons (Fsp3) is 0.278. The molecule has 1 atom stereocenters. The summed E-state index contributed by atoms with van der Waals surface area (Å²) < 4.78 is 13.1. The molecule has 0 saturated carbocycles. The van der Waals surface area contributed by atoms with Gasteiger partial charge in [0.1, 0.15) is 10.8 Å². The van der Waals surface area contributed by atoms with Crippen molar-refractivity contribution in [3.05, 3.63) is 62.8 Å². The van der Waals surface area contributed by atoms with Crippen LogP contribution >= 0.6 is 11.3 Å². The average molecular weight is 356 g/mol. The van der Waals surface area contributed by atoms with Gasteiger partial charge in [-0.05, 0) is 50.5 Å². The lowest BCUT2D eigenvalue weighted by Gasteiger charge is -2.22. The van der Waals surface area contributed by atoms with E-state index in [9.17, 15) is 9.18 Å². The Morgan fingerprint density at radius 2 is 2.08 bits per heavy atom. The second-order valence-electron chi connectivity index (χ2n) is 6.16. The van der Waals surface area contributed by atoms with E-state index in [1.165, 1.54) is 23.1 Å². The van der Waals surface area contributed by atoms with E-state index in [-0.39, 0.29) is 17.4 Å². The van der Waals surface area contributed by atoms with E-state index < -0.39 is 0 Å².